The van der Waals surface area contributed by atoms with Gasteiger partial charge in [-0.25, -0.2) is 0 Å². The summed E-state index contributed by atoms with van der Waals surface area (Å²) < 4.78 is 1.14. The summed E-state index contributed by atoms with van der Waals surface area (Å²) >= 11 is 3.59. The van der Waals surface area contributed by atoms with Gasteiger partial charge < -0.3 is 5.32 Å². The second kappa shape index (κ2) is 7.05. The van der Waals surface area contributed by atoms with Crippen LogP contribution in [0.1, 0.15) is 35.2 Å². The molecule has 0 spiro atoms. The molecule has 106 valence electrons. The predicted octanol–water partition coefficient (Wildman–Crippen LogP) is 4.96. The Labute approximate surface area is 130 Å². The fraction of sp³-hybridized carbons (Fsp3) is 0.333. The summed E-state index contributed by atoms with van der Waals surface area (Å²) in [5.74, 6) is 0. The quantitative estimate of drug-likeness (QED) is 0.816. The van der Waals surface area contributed by atoms with Crippen molar-refractivity contribution in [2.45, 2.75) is 33.2 Å². The molecule has 2 aromatic rings. The number of likely N-dealkylation sites (N-methyl/N-ethyl adjacent to an activating group) is 1. The molecule has 0 bridgehead atoms. The second-order valence-corrected chi connectivity index (χ2v) is 6.16. The lowest BCUT2D eigenvalue weighted by molar-refractivity contribution is 0.546. The van der Waals surface area contributed by atoms with Gasteiger partial charge in [0, 0.05) is 10.5 Å². The van der Waals surface area contributed by atoms with Crippen LogP contribution in [0.5, 0.6) is 0 Å². The first-order valence-corrected chi connectivity index (χ1v) is 7.95. The van der Waals surface area contributed by atoms with E-state index in [1.54, 1.807) is 0 Å². The second-order valence-electron chi connectivity index (χ2n) is 5.24. The number of hydrogen-bond donors (Lipinski definition) is 1. The SMILES string of the molecule is CCNC(Cc1ccccc1C)c1cc(Br)ccc1C. The van der Waals surface area contributed by atoms with E-state index in [9.17, 15) is 0 Å². The van der Waals surface area contributed by atoms with Gasteiger partial charge in [0.15, 0.2) is 0 Å². The zero-order chi connectivity index (χ0) is 14.5. The maximum absolute atomic E-state index is 3.62. The first kappa shape index (κ1) is 15.3. The van der Waals surface area contributed by atoms with Gasteiger partial charge in [0.25, 0.3) is 0 Å². The highest BCUT2D eigenvalue weighted by molar-refractivity contribution is 9.10. The molecule has 0 aliphatic carbocycles. The average Bonchev–Trinajstić information content (AvgIpc) is 2.43. The van der Waals surface area contributed by atoms with Crippen molar-refractivity contribution >= 4 is 15.9 Å². The van der Waals surface area contributed by atoms with Crippen molar-refractivity contribution in [2.24, 2.45) is 0 Å². The lowest BCUT2D eigenvalue weighted by Gasteiger charge is -2.22. The van der Waals surface area contributed by atoms with Crippen molar-refractivity contribution in [3.05, 3.63) is 69.2 Å². The number of rotatable bonds is 5. The van der Waals surface area contributed by atoms with Gasteiger partial charge in [-0.15, -0.1) is 0 Å². The maximum atomic E-state index is 3.62. The molecule has 0 fully saturated rings. The molecule has 1 unspecified atom stereocenters. The van der Waals surface area contributed by atoms with Gasteiger partial charge >= 0.3 is 0 Å². The van der Waals surface area contributed by atoms with E-state index in [0.29, 0.717) is 6.04 Å². The van der Waals surface area contributed by atoms with E-state index < -0.39 is 0 Å². The maximum Gasteiger partial charge on any atom is 0.0363 e. The molecule has 0 radical (unpaired) electrons. The Balaban J connectivity index is 2.32. The molecule has 1 atom stereocenters. The van der Waals surface area contributed by atoms with E-state index in [0.717, 1.165) is 17.4 Å². The highest BCUT2D eigenvalue weighted by Crippen LogP contribution is 2.26. The molecule has 2 rings (SSSR count). The summed E-state index contributed by atoms with van der Waals surface area (Å²) in [5.41, 5.74) is 5.50. The molecule has 0 saturated carbocycles. The minimum Gasteiger partial charge on any atom is -0.310 e. The van der Waals surface area contributed by atoms with Crippen LogP contribution in [0.2, 0.25) is 0 Å². The topological polar surface area (TPSA) is 12.0 Å². The summed E-state index contributed by atoms with van der Waals surface area (Å²) in [6, 6.07) is 15.5. The van der Waals surface area contributed by atoms with Crippen LogP contribution in [-0.4, -0.2) is 6.54 Å². The van der Waals surface area contributed by atoms with Crippen LogP contribution in [0.4, 0.5) is 0 Å². The number of hydrogen-bond acceptors (Lipinski definition) is 1. The Bertz CT molecular complexity index is 577. The lowest BCUT2D eigenvalue weighted by Crippen LogP contribution is -2.24. The van der Waals surface area contributed by atoms with Gasteiger partial charge in [0.1, 0.15) is 0 Å². The molecule has 2 aromatic carbocycles. The van der Waals surface area contributed by atoms with Crippen LogP contribution in [0, 0.1) is 13.8 Å². The molecule has 0 amide bonds. The van der Waals surface area contributed by atoms with Crippen LogP contribution in [0.15, 0.2) is 46.9 Å². The van der Waals surface area contributed by atoms with Crippen molar-refractivity contribution < 1.29 is 0 Å². The first-order chi connectivity index (χ1) is 9.61. The monoisotopic (exact) mass is 331 g/mol. The van der Waals surface area contributed by atoms with Crippen molar-refractivity contribution in [3.8, 4) is 0 Å². The standard InChI is InChI=1S/C18H22BrN/c1-4-20-18(11-15-8-6-5-7-13(15)2)17-12-16(19)10-9-14(17)3/h5-10,12,18,20H,4,11H2,1-3H3. The Kier molecular flexibility index (Phi) is 5.38. The fourth-order valence-corrected chi connectivity index (χ4v) is 2.96. The van der Waals surface area contributed by atoms with Crippen LogP contribution >= 0.6 is 15.9 Å². The van der Waals surface area contributed by atoms with E-state index in [2.05, 4.69) is 84.5 Å². The summed E-state index contributed by atoms with van der Waals surface area (Å²) in [6.45, 7) is 7.51. The molecular formula is C18H22BrN. The minimum atomic E-state index is 0.360. The van der Waals surface area contributed by atoms with Gasteiger partial charge in [-0.3, -0.25) is 0 Å². The third kappa shape index (κ3) is 3.71. The van der Waals surface area contributed by atoms with Crippen LogP contribution in [0.3, 0.4) is 0 Å². The molecule has 0 heterocycles. The summed E-state index contributed by atoms with van der Waals surface area (Å²) in [4.78, 5) is 0. The molecule has 1 nitrogen and oxygen atoms in total. The molecule has 0 aliphatic heterocycles. The van der Waals surface area contributed by atoms with Gasteiger partial charge in [-0.2, -0.15) is 0 Å². The summed E-state index contributed by atoms with van der Waals surface area (Å²) in [7, 11) is 0. The predicted molar refractivity (Wildman–Crippen MR) is 90.2 cm³/mol. The fourth-order valence-electron chi connectivity index (χ4n) is 2.58. The summed E-state index contributed by atoms with van der Waals surface area (Å²) in [6.07, 6.45) is 1.03. The Morgan fingerprint density at radius 1 is 1.05 bits per heavy atom. The largest absolute Gasteiger partial charge is 0.310 e. The van der Waals surface area contributed by atoms with Crippen molar-refractivity contribution in [3.63, 3.8) is 0 Å². The van der Waals surface area contributed by atoms with E-state index >= 15 is 0 Å². The van der Waals surface area contributed by atoms with Crippen molar-refractivity contribution in [1.82, 2.24) is 5.32 Å². The molecule has 1 N–H and O–H groups in total. The van der Waals surface area contributed by atoms with Crippen molar-refractivity contribution in [1.29, 1.82) is 0 Å². The Hall–Kier alpha value is -1.12. The Morgan fingerprint density at radius 3 is 2.50 bits per heavy atom. The molecule has 2 heteroatoms. The number of aryl methyl sites for hydroxylation is 2. The summed E-state index contributed by atoms with van der Waals surface area (Å²) in [5, 5.41) is 3.62. The van der Waals surface area contributed by atoms with E-state index in [1.807, 2.05) is 0 Å². The van der Waals surface area contributed by atoms with Crippen molar-refractivity contribution in [2.75, 3.05) is 6.54 Å². The molecule has 20 heavy (non-hydrogen) atoms. The third-order valence-corrected chi connectivity index (χ3v) is 4.25. The third-order valence-electron chi connectivity index (χ3n) is 3.75. The van der Waals surface area contributed by atoms with E-state index in [4.69, 9.17) is 0 Å². The van der Waals surface area contributed by atoms with Gasteiger partial charge in [-0.05, 0) is 61.2 Å². The zero-order valence-electron chi connectivity index (χ0n) is 12.4. The number of halogens is 1. The molecular weight excluding hydrogens is 310 g/mol. The molecule has 0 aromatic heterocycles. The van der Waals surface area contributed by atoms with Crippen LogP contribution in [0.25, 0.3) is 0 Å². The average molecular weight is 332 g/mol. The number of nitrogens with one attached hydrogen (secondary N) is 1. The lowest BCUT2D eigenvalue weighted by atomic mass is 9.93. The highest BCUT2D eigenvalue weighted by atomic mass is 79.9. The van der Waals surface area contributed by atoms with E-state index in [-0.39, 0.29) is 0 Å². The van der Waals surface area contributed by atoms with Gasteiger partial charge in [-0.1, -0.05) is 53.2 Å². The van der Waals surface area contributed by atoms with Gasteiger partial charge in [0.05, 0.1) is 0 Å². The normalized spacial score (nSPS) is 12.4. The van der Waals surface area contributed by atoms with E-state index in [1.165, 1.54) is 22.3 Å². The first-order valence-electron chi connectivity index (χ1n) is 7.15. The van der Waals surface area contributed by atoms with Crippen LogP contribution < -0.4 is 5.32 Å². The van der Waals surface area contributed by atoms with Crippen LogP contribution in [-0.2, 0) is 6.42 Å². The highest BCUT2D eigenvalue weighted by Gasteiger charge is 2.14. The Morgan fingerprint density at radius 2 is 1.80 bits per heavy atom. The minimum absolute atomic E-state index is 0.360. The smallest absolute Gasteiger partial charge is 0.0363 e. The van der Waals surface area contributed by atoms with Gasteiger partial charge in [0.2, 0.25) is 0 Å². The molecule has 0 aliphatic rings. The zero-order valence-corrected chi connectivity index (χ0v) is 14.0. The molecule has 0 saturated heterocycles. The number of benzene rings is 2.